The van der Waals surface area contributed by atoms with Crippen LogP contribution in [0.3, 0.4) is 0 Å². The average Bonchev–Trinajstić information content (AvgIpc) is 2.31. The maximum Gasteiger partial charge on any atom is 0.165 e. The molecule has 0 amide bonds. The summed E-state index contributed by atoms with van der Waals surface area (Å²) in [7, 11) is 1.58. The van der Waals surface area contributed by atoms with Crippen LogP contribution in [0.1, 0.15) is 19.4 Å². The summed E-state index contributed by atoms with van der Waals surface area (Å²) in [5, 5.41) is 12.9. The predicted molar refractivity (Wildman–Crippen MR) is 72.6 cm³/mol. The number of methoxy groups -OCH3 is 1. The molecule has 0 spiro atoms. The van der Waals surface area contributed by atoms with Gasteiger partial charge in [0.15, 0.2) is 11.5 Å². The summed E-state index contributed by atoms with van der Waals surface area (Å²) >= 11 is 6.03. The molecule has 0 aliphatic rings. The van der Waals surface area contributed by atoms with Gasteiger partial charge < -0.3 is 19.9 Å². The van der Waals surface area contributed by atoms with Crippen LogP contribution < -0.4 is 14.8 Å². The lowest BCUT2D eigenvalue weighted by molar-refractivity contribution is 0.190. The summed E-state index contributed by atoms with van der Waals surface area (Å²) in [6.45, 7) is 5.29. The normalized spacial score (nSPS) is 12.3. The highest BCUT2D eigenvalue weighted by Gasteiger charge is 2.12. The lowest BCUT2D eigenvalue weighted by Crippen LogP contribution is -2.24. The molecule has 0 fully saturated rings. The number of ether oxygens (including phenoxy) is 2. The molecule has 0 saturated carbocycles. The molecular weight excluding hydrogens is 254 g/mol. The quantitative estimate of drug-likeness (QED) is 0.800. The van der Waals surface area contributed by atoms with Gasteiger partial charge in [-0.15, -0.1) is 0 Å². The Morgan fingerprint density at radius 3 is 2.72 bits per heavy atom. The van der Waals surface area contributed by atoms with Gasteiger partial charge in [-0.25, -0.2) is 0 Å². The van der Waals surface area contributed by atoms with Gasteiger partial charge in [-0.3, -0.25) is 0 Å². The van der Waals surface area contributed by atoms with Gasteiger partial charge in [-0.1, -0.05) is 11.6 Å². The molecule has 0 bridgehead atoms. The number of hydrogen-bond acceptors (Lipinski definition) is 4. The third kappa shape index (κ3) is 4.37. The number of rotatable bonds is 7. The minimum absolute atomic E-state index is 0.387. The van der Waals surface area contributed by atoms with E-state index < -0.39 is 0 Å². The lowest BCUT2D eigenvalue weighted by Gasteiger charge is -2.15. The Kier molecular flexibility index (Phi) is 6.25. The van der Waals surface area contributed by atoms with Gasteiger partial charge >= 0.3 is 0 Å². The van der Waals surface area contributed by atoms with Gasteiger partial charge in [0, 0.05) is 29.7 Å². The molecule has 0 aliphatic heterocycles. The molecule has 1 aromatic rings. The highest BCUT2D eigenvalue weighted by Crippen LogP contribution is 2.34. The summed E-state index contributed by atoms with van der Waals surface area (Å²) in [4.78, 5) is 0. The molecule has 18 heavy (non-hydrogen) atoms. The smallest absolute Gasteiger partial charge is 0.165 e. The Bertz CT molecular complexity index is 383. The largest absolute Gasteiger partial charge is 0.493 e. The Balaban J connectivity index is 2.88. The number of aliphatic hydroxyl groups excluding tert-OH is 1. The minimum Gasteiger partial charge on any atom is -0.493 e. The van der Waals surface area contributed by atoms with Gasteiger partial charge in [0.2, 0.25) is 0 Å². The minimum atomic E-state index is -0.387. The maximum absolute atomic E-state index is 9.21. The standard InChI is InChI=1S/C13H20ClNO3/c1-4-18-13-10(8-15-7-9(2)16)5-11(14)6-12(13)17-3/h5-6,9,15-16H,4,7-8H2,1-3H3. The summed E-state index contributed by atoms with van der Waals surface area (Å²) in [5.74, 6) is 1.32. The van der Waals surface area contributed by atoms with Gasteiger partial charge in [0.1, 0.15) is 0 Å². The summed E-state index contributed by atoms with van der Waals surface area (Å²) in [5.41, 5.74) is 0.918. The van der Waals surface area contributed by atoms with Crippen molar-refractivity contribution in [2.45, 2.75) is 26.5 Å². The van der Waals surface area contributed by atoms with Gasteiger partial charge in [0.05, 0.1) is 19.8 Å². The van der Waals surface area contributed by atoms with Crippen molar-refractivity contribution >= 4 is 11.6 Å². The van der Waals surface area contributed by atoms with Crippen molar-refractivity contribution in [3.8, 4) is 11.5 Å². The van der Waals surface area contributed by atoms with E-state index in [4.69, 9.17) is 21.1 Å². The van der Waals surface area contributed by atoms with Crippen LogP contribution >= 0.6 is 11.6 Å². The fraction of sp³-hybridized carbons (Fsp3) is 0.538. The van der Waals surface area contributed by atoms with Crippen molar-refractivity contribution in [2.24, 2.45) is 0 Å². The second kappa shape index (κ2) is 7.46. The Morgan fingerprint density at radius 2 is 2.17 bits per heavy atom. The van der Waals surface area contributed by atoms with Gasteiger partial charge in [-0.05, 0) is 19.9 Å². The van der Waals surface area contributed by atoms with Crippen LogP contribution in [0.5, 0.6) is 11.5 Å². The van der Waals surface area contributed by atoms with E-state index >= 15 is 0 Å². The average molecular weight is 274 g/mol. The van der Waals surface area contributed by atoms with E-state index in [2.05, 4.69) is 5.32 Å². The second-order valence-corrected chi connectivity index (χ2v) is 4.45. The zero-order chi connectivity index (χ0) is 13.5. The molecule has 0 heterocycles. The first-order valence-electron chi connectivity index (χ1n) is 5.96. The number of benzene rings is 1. The molecule has 5 heteroatoms. The van der Waals surface area contributed by atoms with Gasteiger partial charge in [-0.2, -0.15) is 0 Å². The van der Waals surface area contributed by atoms with Crippen LogP contribution in [0.4, 0.5) is 0 Å². The summed E-state index contributed by atoms with van der Waals surface area (Å²) in [6.07, 6.45) is -0.387. The molecule has 0 aliphatic carbocycles. The molecule has 102 valence electrons. The predicted octanol–water partition coefficient (Wildman–Crippen LogP) is 2.22. The number of aliphatic hydroxyl groups is 1. The molecule has 1 unspecified atom stereocenters. The van der Waals surface area contributed by atoms with Crippen LogP contribution in [-0.2, 0) is 6.54 Å². The fourth-order valence-corrected chi connectivity index (χ4v) is 1.86. The van der Waals surface area contributed by atoms with E-state index in [-0.39, 0.29) is 6.10 Å². The fourth-order valence-electron chi connectivity index (χ4n) is 1.63. The zero-order valence-electron chi connectivity index (χ0n) is 11.0. The lowest BCUT2D eigenvalue weighted by atomic mass is 10.1. The Labute approximate surface area is 113 Å². The van der Waals surface area contributed by atoms with Crippen LogP contribution in [0.25, 0.3) is 0 Å². The summed E-state index contributed by atoms with van der Waals surface area (Å²) < 4.78 is 10.8. The Morgan fingerprint density at radius 1 is 1.44 bits per heavy atom. The number of halogens is 1. The molecule has 0 saturated heterocycles. The van der Waals surface area contributed by atoms with Crippen molar-refractivity contribution in [1.82, 2.24) is 5.32 Å². The molecule has 0 aromatic heterocycles. The SMILES string of the molecule is CCOc1c(CNCC(C)O)cc(Cl)cc1OC. The van der Waals surface area contributed by atoms with Crippen LogP contribution in [0, 0.1) is 0 Å². The van der Waals surface area contributed by atoms with Gasteiger partial charge in [0.25, 0.3) is 0 Å². The molecule has 4 nitrogen and oxygen atoms in total. The van der Waals surface area contributed by atoms with Crippen molar-refractivity contribution < 1.29 is 14.6 Å². The molecule has 1 aromatic carbocycles. The zero-order valence-corrected chi connectivity index (χ0v) is 11.8. The monoisotopic (exact) mass is 273 g/mol. The summed E-state index contributed by atoms with van der Waals surface area (Å²) in [6, 6.07) is 3.56. The third-order valence-electron chi connectivity index (χ3n) is 2.36. The first-order chi connectivity index (χ1) is 8.58. The van der Waals surface area contributed by atoms with Crippen molar-refractivity contribution in [3.05, 3.63) is 22.7 Å². The van der Waals surface area contributed by atoms with Crippen molar-refractivity contribution in [2.75, 3.05) is 20.3 Å². The van der Waals surface area contributed by atoms with E-state index in [9.17, 15) is 5.11 Å². The molecule has 0 radical (unpaired) electrons. The highest BCUT2D eigenvalue weighted by molar-refractivity contribution is 6.30. The maximum atomic E-state index is 9.21. The highest BCUT2D eigenvalue weighted by atomic mass is 35.5. The van der Waals surface area contributed by atoms with E-state index in [1.165, 1.54) is 0 Å². The first-order valence-corrected chi connectivity index (χ1v) is 6.34. The van der Waals surface area contributed by atoms with E-state index in [0.717, 1.165) is 5.56 Å². The van der Waals surface area contributed by atoms with E-state index in [0.29, 0.717) is 36.2 Å². The molecular formula is C13H20ClNO3. The van der Waals surface area contributed by atoms with E-state index in [1.807, 2.05) is 13.0 Å². The topological polar surface area (TPSA) is 50.7 Å². The second-order valence-electron chi connectivity index (χ2n) is 4.01. The van der Waals surface area contributed by atoms with Crippen molar-refractivity contribution in [3.63, 3.8) is 0 Å². The number of hydrogen-bond donors (Lipinski definition) is 2. The molecule has 1 atom stereocenters. The Hall–Kier alpha value is -0.970. The van der Waals surface area contributed by atoms with E-state index in [1.54, 1.807) is 20.1 Å². The van der Waals surface area contributed by atoms with Crippen LogP contribution in [-0.4, -0.2) is 31.5 Å². The molecule has 1 rings (SSSR count). The van der Waals surface area contributed by atoms with Crippen LogP contribution in [0.15, 0.2) is 12.1 Å². The first kappa shape index (κ1) is 15.1. The van der Waals surface area contributed by atoms with Crippen LogP contribution in [0.2, 0.25) is 5.02 Å². The number of nitrogens with one attached hydrogen (secondary N) is 1. The molecule has 2 N–H and O–H groups in total. The third-order valence-corrected chi connectivity index (χ3v) is 2.58. The van der Waals surface area contributed by atoms with Crippen molar-refractivity contribution in [1.29, 1.82) is 0 Å².